The number of carbonyl (C=O) groups excluding carboxylic acids is 1. The summed E-state index contributed by atoms with van der Waals surface area (Å²) in [5.41, 5.74) is 2.78. The lowest BCUT2D eigenvalue weighted by atomic mass is 9.95. The molecule has 0 saturated heterocycles. The van der Waals surface area contributed by atoms with Gasteiger partial charge in [-0.15, -0.1) is 0 Å². The van der Waals surface area contributed by atoms with E-state index in [9.17, 15) is 13.2 Å². The molecule has 196 valence electrons. The van der Waals surface area contributed by atoms with Crippen LogP contribution in [0.5, 0.6) is 0 Å². The quantitative estimate of drug-likeness (QED) is 0.270. The van der Waals surface area contributed by atoms with Crippen molar-refractivity contribution in [2.75, 3.05) is 6.26 Å². The minimum Gasteiger partial charge on any atom is -0.372 e. The fraction of sp³-hybridized carbons (Fsp3) is 0.433. The highest BCUT2D eigenvalue weighted by Crippen LogP contribution is 2.21. The van der Waals surface area contributed by atoms with E-state index in [4.69, 9.17) is 9.47 Å². The first kappa shape index (κ1) is 29.7. The third-order valence-corrected chi connectivity index (χ3v) is 7.69. The Morgan fingerprint density at radius 3 is 1.92 bits per heavy atom. The van der Waals surface area contributed by atoms with Crippen LogP contribution in [0.4, 0.5) is 0 Å². The Labute approximate surface area is 217 Å². The average molecular weight is 513 g/mol. The number of Topliss-reactive ketones (excluding diaryl/α,β-unsaturated/α-hetero) is 1. The summed E-state index contributed by atoms with van der Waals surface area (Å²) < 4.78 is 36.3. The zero-order valence-electron chi connectivity index (χ0n) is 22.1. The number of rotatable bonds is 15. The van der Waals surface area contributed by atoms with E-state index < -0.39 is 21.2 Å². The Bertz CT molecular complexity index is 1090. The SMILES string of the molecule is C/C=C/[C@H](C)[C@@H](CC(=O)C[C@H](OCc1ccccc1)/C(C)=C\[C@@H](C)S(C)(=O)=O)OCc1ccccc1. The number of hydrogen-bond acceptors (Lipinski definition) is 5. The lowest BCUT2D eigenvalue weighted by Gasteiger charge is -2.24. The van der Waals surface area contributed by atoms with Crippen LogP contribution in [0.25, 0.3) is 0 Å². The van der Waals surface area contributed by atoms with Gasteiger partial charge in [-0.1, -0.05) is 85.8 Å². The van der Waals surface area contributed by atoms with Crippen LogP contribution in [0, 0.1) is 5.92 Å². The van der Waals surface area contributed by atoms with E-state index in [1.807, 2.05) is 93.6 Å². The largest absolute Gasteiger partial charge is 0.372 e. The van der Waals surface area contributed by atoms with Gasteiger partial charge in [0.25, 0.3) is 0 Å². The minimum atomic E-state index is -3.24. The summed E-state index contributed by atoms with van der Waals surface area (Å²) in [5, 5.41) is -0.660. The Kier molecular flexibility index (Phi) is 12.3. The topological polar surface area (TPSA) is 69.7 Å². The fourth-order valence-electron chi connectivity index (χ4n) is 3.84. The van der Waals surface area contributed by atoms with E-state index in [-0.39, 0.29) is 30.6 Å². The number of sulfone groups is 1. The van der Waals surface area contributed by atoms with Crippen molar-refractivity contribution in [2.45, 2.75) is 71.2 Å². The van der Waals surface area contributed by atoms with Gasteiger partial charge < -0.3 is 9.47 Å². The average Bonchev–Trinajstić information content (AvgIpc) is 2.85. The molecule has 0 aromatic heterocycles. The fourth-order valence-corrected chi connectivity index (χ4v) is 4.30. The highest BCUT2D eigenvalue weighted by atomic mass is 32.2. The van der Waals surface area contributed by atoms with Crippen molar-refractivity contribution in [1.29, 1.82) is 0 Å². The molecule has 0 saturated carbocycles. The van der Waals surface area contributed by atoms with E-state index in [1.165, 1.54) is 6.26 Å². The molecule has 36 heavy (non-hydrogen) atoms. The standard InChI is InChI=1S/C30H40O5S/c1-6-13-23(2)29(34-21-26-14-9-7-10-15-26)19-28(31)20-30(24(3)18-25(4)36(5,32)33)35-22-27-16-11-8-12-17-27/h6-18,23,25,29-30H,19-22H2,1-5H3/b13-6+,24-18-/t23-,25+,29+,30-/m0/s1. The lowest BCUT2D eigenvalue weighted by Crippen LogP contribution is -2.27. The van der Waals surface area contributed by atoms with Crippen LogP contribution >= 0.6 is 0 Å². The summed E-state index contributed by atoms with van der Waals surface area (Å²) in [5.74, 6) is 0.0791. The van der Waals surface area contributed by atoms with E-state index in [0.29, 0.717) is 13.2 Å². The summed E-state index contributed by atoms with van der Waals surface area (Å²) in [7, 11) is -3.24. The molecule has 0 fully saturated rings. The van der Waals surface area contributed by atoms with Gasteiger partial charge in [-0.05, 0) is 37.5 Å². The van der Waals surface area contributed by atoms with Crippen LogP contribution in [0.15, 0.2) is 84.5 Å². The van der Waals surface area contributed by atoms with Gasteiger partial charge in [0, 0.05) is 25.0 Å². The Hall–Kier alpha value is -2.54. The van der Waals surface area contributed by atoms with E-state index in [1.54, 1.807) is 13.0 Å². The second-order valence-corrected chi connectivity index (χ2v) is 11.8. The van der Waals surface area contributed by atoms with Crippen molar-refractivity contribution in [3.8, 4) is 0 Å². The number of ketones is 1. The first-order chi connectivity index (χ1) is 17.1. The van der Waals surface area contributed by atoms with E-state index in [0.717, 1.165) is 16.7 Å². The first-order valence-corrected chi connectivity index (χ1v) is 14.4. The van der Waals surface area contributed by atoms with Crippen molar-refractivity contribution < 1.29 is 22.7 Å². The van der Waals surface area contributed by atoms with Gasteiger partial charge in [0.2, 0.25) is 0 Å². The van der Waals surface area contributed by atoms with Gasteiger partial charge in [0.1, 0.15) is 5.78 Å². The van der Waals surface area contributed by atoms with Gasteiger partial charge in [0.15, 0.2) is 9.84 Å². The van der Waals surface area contributed by atoms with Gasteiger partial charge in [-0.3, -0.25) is 4.79 Å². The van der Waals surface area contributed by atoms with Crippen molar-refractivity contribution in [1.82, 2.24) is 0 Å². The molecule has 0 aliphatic rings. The second kappa shape index (κ2) is 14.9. The minimum absolute atomic E-state index is 0.0160. The van der Waals surface area contributed by atoms with Crippen molar-refractivity contribution in [3.63, 3.8) is 0 Å². The summed E-state index contributed by atoms with van der Waals surface area (Å²) in [6, 6.07) is 19.6. The molecule has 2 rings (SSSR count). The molecule has 0 aliphatic heterocycles. The lowest BCUT2D eigenvalue weighted by molar-refractivity contribution is -0.125. The van der Waals surface area contributed by atoms with Crippen LogP contribution < -0.4 is 0 Å². The summed E-state index contributed by atoms with van der Waals surface area (Å²) in [6.07, 6.45) is 6.52. The number of hydrogen-bond donors (Lipinski definition) is 0. The number of ether oxygens (including phenoxy) is 2. The maximum Gasteiger partial charge on any atom is 0.153 e. The molecule has 2 aromatic rings. The number of allylic oxidation sites excluding steroid dienone is 1. The molecule has 0 bridgehead atoms. The van der Waals surface area contributed by atoms with Crippen LogP contribution in [-0.2, 0) is 37.3 Å². The van der Waals surface area contributed by atoms with Crippen molar-refractivity contribution in [3.05, 3.63) is 95.6 Å². The normalized spacial score (nSPS) is 16.0. The predicted octanol–water partition coefficient (Wildman–Crippen LogP) is 6.10. The monoisotopic (exact) mass is 512 g/mol. The van der Waals surface area contributed by atoms with Gasteiger partial charge in [-0.25, -0.2) is 8.42 Å². The molecular weight excluding hydrogens is 472 g/mol. The molecule has 0 spiro atoms. The Morgan fingerprint density at radius 2 is 1.42 bits per heavy atom. The predicted molar refractivity (Wildman–Crippen MR) is 146 cm³/mol. The molecule has 0 radical (unpaired) electrons. The molecule has 2 aromatic carbocycles. The van der Waals surface area contributed by atoms with Gasteiger partial charge in [0.05, 0.1) is 30.7 Å². The van der Waals surface area contributed by atoms with Gasteiger partial charge in [-0.2, -0.15) is 0 Å². The zero-order chi connectivity index (χ0) is 26.6. The Morgan fingerprint density at radius 1 is 0.889 bits per heavy atom. The number of carbonyl (C=O) groups is 1. The zero-order valence-corrected chi connectivity index (χ0v) is 22.9. The molecule has 0 aliphatic carbocycles. The van der Waals surface area contributed by atoms with Crippen molar-refractivity contribution >= 4 is 15.6 Å². The van der Waals surface area contributed by atoms with Gasteiger partial charge >= 0.3 is 0 Å². The molecule has 0 unspecified atom stereocenters. The first-order valence-electron chi connectivity index (χ1n) is 12.4. The smallest absolute Gasteiger partial charge is 0.153 e. The third-order valence-electron chi connectivity index (χ3n) is 6.21. The van der Waals surface area contributed by atoms with E-state index in [2.05, 4.69) is 0 Å². The molecule has 5 nitrogen and oxygen atoms in total. The molecular formula is C30H40O5S. The maximum atomic E-state index is 13.3. The third kappa shape index (κ3) is 10.6. The molecule has 4 atom stereocenters. The van der Waals surface area contributed by atoms with Crippen LogP contribution in [0.3, 0.4) is 0 Å². The molecule has 0 N–H and O–H groups in total. The van der Waals surface area contributed by atoms with Crippen molar-refractivity contribution in [2.24, 2.45) is 5.92 Å². The highest BCUT2D eigenvalue weighted by Gasteiger charge is 2.24. The summed E-state index contributed by atoms with van der Waals surface area (Å²) in [4.78, 5) is 13.3. The van der Waals surface area contributed by atoms with Crippen LogP contribution in [0.2, 0.25) is 0 Å². The Balaban J connectivity index is 2.15. The second-order valence-electron chi connectivity index (χ2n) is 9.40. The summed E-state index contributed by atoms with van der Waals surface area (Å²) >= 11 is 0. The molecule has 0 amide bonds. The van der Waals surface area contributed by atoms with Crippen LogP contribution in [0.1, 0.15) is 51.7 Å². The highest BCUT2D eigenvalue weighted by molar-refractivity contribution is 7.91. The summed E-state index contributed by atoms with van der Waals surface area (Å²) in [6.45, 7) is 8.24. The molecule has 0 heterocycles. The number of benzene rings is 2. The maximum absolute atomic E-state index is 13.3. The van der Waals surface area contributed by atoms with E-state index >= 15 is 0 Å². The molecule has 6 heteroatoms. The van der Waals surface area contributed by atoms with Crippen LogP contribution in [-0.4, -0.2) is 37.9 Å².